The van der Waals surface area contributed by atoms with Crippen LogP contribution in [0.1, 0.15) is 24.8 Å². The van der Waals surface area contributed by atoms with Gasteiger partial charge in [0.05, 0.1) is 19.5 Å². The Hall–Kier alpha value is -1.65. The molecule has 0 radical (unpaired) electrons. The smallest absolute Gasteiger partial charge is 0.172 e. The van der Waals surface area contributed by atoms with E-state index in [0.29, 0.717) is 0 Å². The summed E-state index contributed by atoms with van der Waals surface area (Å²) in [4.78, 5) is 4.07. The maximum Gasteiger partial charge on any atom is 0.172 e. The van der Waals surface area contributed by atoms with Gasteiger partial charge in [0.25, 0.3) is 0 Å². The van der Waals surface area contributed by atoms with E-state index < -0.39 is 5.79 Å². The second-order valence-corrected chi connectivity index (χ2v) is 5.53. The topological polar surface area (TPSA) is 36.3 Å². The molecular formula is C17H22N2O2. The minimum atomic E-state index is -0.458. The van der Waals surface area contributed by atoms with Gasteiger partial charge in [0.2, 0.25) is 0 Å². The van der Waals surface area contributed by atoms with Gasteiger partial charge in [-0.2, -0.15) is 0 Å². The molecule has 0 bridgehead atoms. The molecule has 21 heavy (non-hydrogen) atoms. The molecule has 1 saturated heterocycles. The van der Waals surface area contributed by atoms with E-state index in [-0.39, 0.29) is 0 Å². The number of rotatable bonds is 6. The summed E-state index contributed by atoms with van der Waals surface area (Å²) < 4.78 is 14.2. The van der Waals surface area contributed by atoms with Crippen molar-refractivity contribution in [1.29, 1.82) is 0 Å². The quantitative estimate of drug-likeness (QED) is 0.819. The van der Waals surface area contributed by atoms with Crippen molar-refractivity contribution >= 4 is 0 Å². The molecule has 0 atom stereocenters. The van der Waals surface area contributed by atoms with Crippen LogP contribution in [0, 0.1) is 0 Å². The summed E-state index contributed by atoms with van der Waals surface area (Å²) in [6.07, 6.45) is 9.38. The Labute approximate surface area is 125 Å². The average Bonchev–Trinajstić information content (AvgIpc) is 3.02. The van der Waals surface area contributed by atoms with E-state index in [0.717, 1.165) is 45.4 Å². The van der Waals surface area contributed by atoms with Gasteiger partial charge in [0.1, 0.15) is 0 Å². The normalized spacial score (nSPS) is 17.7. The molecule has 1 aromatic heterocycles. The predicted molar refractivity (Wildman–Crippen MR) is 80.9 cm³/mol. The first-order chi connectivity index (χ1) is 10.4. The van der Waals surface area contributed by atoms with E-state index in [1.165, 1.54) is 5.56 Å². The van der Waals surface area contributed by atoms with Crippen molar-refractivity contribution in [3.8, 4) is 0 Å². The molecule has 0 unspecified atom stereocenters. The molecule has 4 nitrogen and oxygen atoms in total. The summed E-state index contributed by atoms with van der Waals surface area (Å²) in [6.45, 7) is 2.53. The van der Waals surface area contributed by atoms with Gasteiger partial charge in [-0.3, -0.25) is 0 Å². The van der Waals surface area contributed by atoms with Crippen LogP contribution in [0.5, 0.6) is 0 Å². The molecule has 1 fully saturated rings. The van der Waals surface area contributed by atoms with Crippen LogP contribution >= 0.6 is 0 Å². The fraction of sp³-hybridized carbons (Fsp3) is 0.471. The number of imidazole rings is 1. The van der Waals surface area contributed by atoms with Gasteiger partial charge in [-0.1, -0.05) is 30.3 Å². The van der Waals surface area contributed by atoms with Crippen molar-refractivity contribution < 1.29 is 9.47 Å². The molecule has 4 heteroatoms. The maximum atomic E-state index is 6.04. The highest BCUT2D eigenvalue weighted by molar-refractivity contribution is 5.16. The molecule has 0 amide bonds. The molecule has 1 aromatic carbocycles. The molecule has 0 spiro atoms. The van der Waals surface area contributed by atoms with Gasteiger partial charge < -0.3 is 14.0 Å². The molecule has 2 aromatic rings. The van der Waals surface area contributed by atoms with Crippen molar-refractivity contribution in [1.82, 2.24) is 9.55 Å². The van der Waals surface area contributed by atoms with E-state index in [9.17, 15) is 0 Å². The molecule has 0 aliphatic carbocycles. The first kappa shape index (κ1) is 14.3. The van der Waals surface area contributed by atoms with Crippen LogP contribution in [0.3, 0.4) is 0 Å². The second-order valence-electron chi connectivity index (χ2n) is 5.53. The fourth-order valence-electron chi connectivity index (χ4n) is 2.81. The zero-order chi connectivity index (χ0) is 14.4. The van der Waals surface area contributed by atoms with Gasteiger partial charge in [0, 0.05) is 31.8 Å². The third kappa shape index (κ3) is 3.93. The zero-order valence-corrected chi connectivity index (χ0v) is 12.3. The number of benzene rings is 1. The van der Waals surface area contributed by atoms with Crippen molar-refractivity contribution in [2.45, 2.75) is 38.0 Å². The van der Waals surface area contributed by atoms with E-state index in [2.05, 4.69) is 33.8 Å². The minimum Gasteiger partial charge on any atom is -0.349 e. The van der Waals surface area contributed by atoms with Crippen LogP contribution in [0.15, 0.2) is 49.1 Å². The lowest BCUT2D eigenvalue weighted by atomic mass is 9.99. The third-order valence-corrected chi connectivity index (χ3v) is 3.87. The standard InChI is InChI=1S/C17H22N2O2/c1-2-6-16(7-3-1)14-17(20-12-5-13-21-17)8-4-10-19-11-9-18-15-19/h1-3,6-7,9,11,15H,4-5,8,10,12-14H2. The number of nitrogens with zero attached hydrogens (tertiary/aromatic N) is 2. The minimum absolute atomic E-state index is 0.458. The van der Waals surface area contributed by atoms with Crippen LogP contribution in [-0.2, 0) is 22.4 Å². The van der Waals surface area contributed by atoms with Crippen molar-refractivity contribution in [2.24, 2.45) is 0 Å². The number of hydrogen-bond acceptors (Lipinski definition) is 3. The molecule has 0 saturated carbocycles. The molecule has 0 N–H and O–H groups in total. The number of hydrogen-bond donors (Lipinski definition) is 0. The van der Waals surface area contributed by atoms with E-state index in [4.69, 9.17) is 9.47 Å². The Morgan fingerprint density at radius 3 is 2.67 bits per heavy atom. The Kier molecular flexibility index (Phi) is 4.68. The Balaban J connectivity index is 1.62. The molecule has 112 valence electrons. The zero-order valence-electron chi connectivity index (χ0n) is 12.3. The first-order valence-electron chi connectivity index (χ1n) is 7.64. The maximum absolute atomic E-state index is 6.04. The Morgan fingerprint density at radius 1 is 1.14 bits per heavy atom. The van der Waals surface area contributed by atoms with Crippen LogP contribution in [0.25, 0.3) is 0 Å². The monoisotopic (exact) mass is 286 g/mol. The largest absolute Gasteiger partial charge is 0.349 e. The van der Waals surface area contributed by atoms with Crippen LogP contribution in [-0.4, -0.2) is 28.6 Å². The van der Waals surface area contributed by atoms with Crippen molar-refractivity contribution in [3.63, 3.8) is 0 Å². The molecule has 1 aliphatic heterocycles. The van der Waals surface area contributed by atoms with E-state index >= 15 is 0 Å². The number of aryl methyl sites for hydroxylation is 1. The van der Waals surface area contributed by atoms with E-state index in [1.54, 1.807) is 0 Å². The van der Waals surface area contributed by atoms with Gasteiger partial charge in [-0.05, 0) is 18.4 Å². The summed E-state index contributed by atoms with van der Waals surface area (Å²) in [6, 6.07) is 10.4. The van der Waals surface area contributed by atoms with Gasteiger partial charge in [-0.15, -0.1) is 0 Å². The summed E-state index contributed by atoms with van der Waals surface area (Å²) in [5, 5.41) is 0. The molecule has 2 heterocycles. The number of ether oxygens (including phenoxy) is 2. The van der Waals surface area contributed by atoms with Crippen molar-refractivity contribution in [2.75, 3.05) is 13.2 Å². The fourth-order valence-corrected chi connectivity index (χ4v) is 2.81. The van der Waals surface area contributed by atoms with E-state index in [1.807, 2.05) is 24.8 Å². The summed E-state index contributed by atoms with van der Waals surface area (Å²) in [5.74, 6) is -0.458. The van der Waals surface area contributed by atoms with Gasteiger partial charge >= 0.3 is 0 Å². The van der Waals surface area contributed by atoms with Crippen LogP contribution in [0.4, 0.5) is 0 Å². The molecule has 1 aliphatic rings. The Bertz CT molecular complexity index is 519. The van der Waals surface area contributed by atoms with Crippen LogP contribution in [0.2, 0.25) is 0 Å². The Morgan fingerprint density at radius 2 is 1.95 bits per heavy atom. The third-order valence-electron chi connectivity index (χ3n) is 3.87. The first-order valence-corrected chi connectivity index (χ1v) is 7.64. The highest BCUT2D eigenvalue weighted by atomic mass is 16.7. The van der Waals surface area contributed by atoms with Gasteiger partial charge in [0.15, 0.2) is 5.79 Å². The summed E-state index contributed by atoms with van der Waals surface area (Å²) in [7, 11) is 0. The molecule has 3 rings (SSSR count). The molecular weight excluding hydrogens is 264 g/mol. The van der Waals surface area contributed by atoms with Gasteiger partial charge in [-0.25, -0.2) is 4.98 Å². The van der Waals surface area contributed by atoms with Crippen molar-refractivity contribution in [3.05, 3.63) is 54.6 Å². The lowest BCUT2D eigenvalue weighted by Crippen LogP contribution is -2.42. The summed E-state index contributed by atoms with van der Waals surface area (Å²) >= 11 is 0. The highest BCUT2D eigenvalue weighted by Gasteiger charge is 2.34. The second kappa shape index (κ2) is 6.87. The average molecular weight is 286 g/mol. The lowest BCUT2D eigenvalue weighted by molar-refractivity contribution is -0.270. The SMILES string of the molecule is c1ccc(CC2(CCCn3ccnc3)OCCCO2)cc1. The number of aromatic nitrogens is 2. The highest BCUT2D eigenvalue weighted by Crippen LogP contribution is 2.29. The lowest BCUT2D eigenvalue weighted by Gasteiger charge is -2.37. The summed E-state index contributed by atoms with van der Waals surface area (Å²) in [5.41, 5.74) is 1.27. The van der Waals surface area contributed by atoms with Crippen LogP contribution < -0.4 is 0 Å². The predicted octanol–water partition coefficient (Wildman–Crippen LogP) is 3.04.